The van der Waals surface area contributed by atoms with Crippen LogP contribution in [0.2, 0.25) is 0 Å². The second kappa shape index (κ2) is 9.60. The van der Waals surface area contributed by atoms with E-state index in [1.54, 1.807) is 12.4 Å². The van der Waals surface area contributed by atoms with Gasteiger partial charge >= 0.3 is 0 Å². The monoisotopic (exact) mass is 324 g/mol. The third kappa shape index (κ3) is 5.95. The summed E-state index contributed by atoms with van der Waals surface area (Å²) in [5.41, 5.74) is 2.92. The van der Waals surface area contributed by atoms with Gasteiger partial charge in [-0.05, 0) is 36.1 Å². The van der Waals surface area contributed by atoms with Gasteiger partial charge in [0.05, 0.1) is 0 Å². The molecule has 0 radical (unpaired) electrons. The van der Waals surface area contributed by atoms with E-state index in [4.69, 9.17) is 0 Å². The topological polar surface area (TPSA) is 59.1 Å². The smallest absolute Gasteiger partial charge is 0.220 e. The Balaban J connectivity index is 1.74. The minimum absolute atomic E-state index is 0.0103. The summed E-state index contributed by atoms with van der Waals surface area (Å²) >= 11 is 0. The van der Waals surface area contributed by atoms with E-state index in [2.05, 4.69) is 17.2 Å². The van der Waals surface area contributed by atoms with Crippen LogP contribution in [-0.4, -0.2) is 16.7 Å². The molecule has 1 amide bonds. The highest BCUT2D eigenvalue weighted by atomic mass is 16.2. The highest BCUT2D eigenvalue weighted by molar-refractivity contribution is 5.97. The van der Waals surface area contributed by atoms with E-state index in [1.165, 1.54) is 5.56 Å². The molecule has 1 N–H and O–H groups in total. The second-order valence-electron chi connectivity index (χ2n) is 5.86. The molecule has 24 heavy (non-hydrogen) atoms. The molecule has 4 heteroatoms. The Morgan fingerprint density at radius 2 is 1.67 bits per heavy atom. The summed E-state index contributed by atoms with van der Waals surface area (Å²) in [5.74, 6) is -0.101. The van der Waals surface area contributed by atoms with E-state index < -0.39 is 0 Å². The number of rotatable bonds is 9. The standard InChI is InChI=1S/C20H24N2O2/c1-2-3-4-16-5-7-18(8-6-16)19(23)9-10-20(24)22-15-17-11-13-21-14-12-17/h5-8,11-14H,2-4,9-10,15H2,1H3,(H,22,24). The number of unbranched alkanes of at least 4 members (excludes halogenated alkanes) is 1. The van der Waals surface area contributed by atoms with Crippen LogP contribution < -0.4 is 5.32 Å². The molecule has 0 saturated heterocycles. The molecule has 0 bridgehead atoms. The van der Waals surface area contributed by atoms with Gasteiger partial charge in [0, 0.05) is 37.3 Å². The van der Waals surface area contributed by atoms with E-state index in [1.807, 2.05) is 36.4 Å². The van der Waals surface area contributed by atoms with Gasteiger partial charge < -0.3 is 5.32 Å². The Hall–Kier alpha value is -2.49. The fourth-order valence-corrected chi connectivity index (χ4v) is 2.40. The zero-order chi connectivity index (χ0) is 17.2. The van der Waals surface area contributed by atoms with Crippen molar-refractivity contribution in [2.24, 2.45) is 0 Å². The molecule has 1 heterocycles. The first-order chi connectivity index (χ1) is 11.7. The first-order valence-electron chi connectivity index (χ1n) is 8.46. The maximum atomic E-state index is 12.2. The maximum absolute atomic E-state index is 12.2. The molecule has 2 rings (SSSR count). The van der Waals surface area contributed by atoms with Gasteiger partial charge in [0.25, 0.3) is 0 Å². The lowest BCUT2D eigenvalue weighted by atomic mass is 10.0. The largest absolute Gasteiger partial charge is 0.352 e. The maximum Gasteiger partial charge on any atom is 0.220 e. The molecule has 0 aliphatic carbocycles. The van der Waals surface area contributed by atoms with E-state index >= 15 is 0 Å². The van der Waals surface area contributed by atoms with E-state index in [0.717, 1.165) is 24.8 Å². The molecule has 0 fully saturated rings. The van der Waals surface area contributed by atoms with E-state index in [9.17, 15) is 9.59 Å². The minimum Gasteiger partial charge on any atom is -0.352 e. The molecule has 1 aromatic carbocycles. The Kier molecular flexibility index (Phi) is 7.15. The van der Waals surface area contributed by atoms with E-state index in [0.29, 0.717) is 12.1 Å². The summed E-state index contributed by atoms with van der Waals surface area (Å²) in [7, 11) is 0. The van der Waals surface area contributed by atoms with Gasteiger partial charge in [0.2, 0.25) is 5.91 Å². The van der Waals surface area contributed by atoms with Crippen LogP contribution in [0.4, 0.5) is 0 Å². The number of ketones is 1. The number of aryl methyl sites for hydroxylation is 1. The number of amides is 1. The number of Topliss-reactive ketones (excluding diaryl/α,β-unsaturated/α-hetero) is 1. The molecule has 1 aromatic heterocycles. The molecule has 2 aromatic rings. The minimum atomic E-state index is -0.111. The summed E-state index contributed by atoms with van der Waals surface area (Å²) < 4.78 is 0. The lowest BCUT2D eigenvalue weighted by Crippen LogP contribution is -2.23. The molecule has 126 valence electrons. The number of hydrogen-bond donors (Lipinski definition) is 1. The van der Waals surface area contributed by atoms with Crippen molar-refractivity contribution in [1.82, 2.24) is 10.3 Å². The van der Waals surface area contributed by atoms with Crippen LogP contribution in [0.3, 0.4) is 0 Å². The van der Waals surface area contributed by atoms with Crippen LogP contribution in [0.15, 0.2) is 48.8 Å². The summed E-state index contributed by atoms with van der Waals surface area (Å²) in [6, 6.07) is 11.4. The number of pyridine rings is 1. The van der Waals surface area contributed by atoms with Crippen LogP contribution in [0.25, 0.3) is 0 Å². The van der Waals surface area contributed by atoms with Crippen LogP contribution in [0.5, 0.6) is 0 Å². The van der Waals surface area contributed by atoms with Crippen LogP contribution in [0.1, 0.15) is 54.1 Å². The van der Waals surface area contributed by atoms with Crippen molar-refractivity contribution < 1.29 is 9.59 Å². The quantitative estimate of drug-likeness (QED) is 0.715. The van der Waals surface area contributed by atoms with Gasteiger partial charge in [0.15, 0.2) is 5.78 Å². The van der Waals surface area contributed by atoms with Gasteiger partial charge in [-0.2, -0.15) is 0 Å². The zero-order valence-corrected chi connectivity index (χ0v) is 14.1. The van der Waals surface area contributed by atoms with Crippen molar-refractivity contribution in [2.45, 2.75) is 45.6 Å². The molecule has 0 atom stereocenters. The number of carbonyl (C=O) groups is 2. The van der Waals surface area contributed by atoms with Gasteiger partial charge in [-0.3, -0.25) is 14.6 Å². The predicted molar refractivity (Wildman–Crippen MR) is 94.7 cm³/mol. The number of aromatic nitrogens is 1. The summed E-state index contributed by atoms with van der Waals surface area (Å²) in [4.78, 5) is 27.9. The van der Waals surface area contributed by atoms with Crippen molar-refractivity contribution in [2.75, 3.05) is 0 Å². The highest BCUT2D eigenvalue weighted by Gasteiger charge is 2.09. The molecular formula is C20H24N2O2. The van der Waals surface area contributed by atoms with Crippen molar-refractivity contribution in [3.05, 3.63) is 65.5 Å². The van der Waals surface area contributed by atoms with Gasteiger partial charge in [-0.15, -0.1) is 0 Å². The summed E-state index contributed by atoms with van der Waals surface area (Å²) in [6.07, 6.45) is 7.19. The highest BCUT2D eigenvalue weighted by Crippen LogP contribution is 2.10. The first kappa shape index (κ1) is 17.9. The van der Waals surface area contributed by atoms with Crippen molar-refractivity contribution >= 4 is 11.7 Å². The SMILES string of the molecule is CCCCc1ccc(C(=O)CCC(=O)NCc2ccncc2)cc1. The van der Waals surface area contributed by atoms with Crippen molar-refractivity contribution in [1.29, 1.82) is 0 Å². The predicted octanol–water partition coefficient (Wildman–Crippen LogP) is 3.70. The summed E-state index contributed by atoms with van der Waals surface area (Å²) in [6.45, 7) is 2.62. The average molecular weight is 324 g/mol. The molecule has 0 aliphatic heterocycles. The zero-order valence-electron chi connectivity index (χ0n) is 14.1. The lowest BCUT2D eigenvalue weighted by Gasteiger charge is -2.06. The number of benzene rings is 1. The fraction of sp³-hybridized carbons (Fsp3) is 0.350. The molecular weight excluding hydrogens is 300 g/mol. The van der Waals surface area contributed by atoms with Gasteiger partial charge in [-0.25, -0.2) is 0 Å². The Morgan fingerprint density at radius 1 is 0.958 bits per heavy atom. The molecule has 0 saturated carbocycles. The van der Waals surface area contributed by atoms with Gasteiger partial charge in [0.1, 0.15) is 0 Å². The third-order valence-electron chi connectivity index (χ3n) is 3.91. The number of nitrogens with one attached hydrogen (secondary N) is 1. The lowest BCUT2D eigenvalue weighted by molar-refractivity contribution is -0.121. The van der Waals surface area contributed by atoms with E-state index in [-0.39, 0.29) is 24.5 Å². The molecule has 4 nitrogen and oxygen atoms in total. The second-order valence-corrected chi connectivity index (χ2v) is 5.86. The Morgan fingerprint density at radius 3 is 2.33 bits per heavy atom. The number of hydrogen-bond acceptors (Lipinski definition) is 3. The van der Waals surface area contributed by atoms with Crippen LogP contribution in [-0.2, 0) is 17.8 Å². The average Bonchev–Trinajstić information content (AvgIpc) is 2.64. The Labute approximate surface area is 143 Å². The fourth-order valence-electron chi connectivity index (χ4n) is 2.40. The first-order valence-corrected chi connectivity index (χ1v) is 8.46. The van der Waals surface area contributed by atoms with Gasteiger partial charge in [-0.1, -0.05) is 37.6 Å². The number of carbonyl (C=O) groups excluding carboxylic acids is 2. The molecule has 0 unspecified atom stereocenters. The van der Waals surface area contributed by atoms with Crippen molar-refractivity contribution in [3.63, 3.8) is 0 Å². The Bertz CT molecular complexity index is 651. The molecule has 0 aliphatic rings. The normalized spacial score (nSPS) is 10.4. The van der Waals surface area contributed by atoms with Crippen molar-refractivity contribution in [3.8, 4) is 0 Å². The van der Waals surface area contributed by atoms with Crippen LogP contribution in [0, 0.1) is 0 Å². The summed E-state index contributed by atoms with van der Waals surface area (Å²) in [5, 5.41) is 2.82. The number of nitrogens with zero attached hydrogens (tertiary/aromatic N) is 1. The molecule has 0 spiro atoms. The third-order valence-corrected chi connectivity index (χ3v) is 3.91. The van der Waals surface area contributed by atoms with Crippen LogP contribution >= 0.6 is 0 Å².